The van der Waals surface area contributed by atoms with Crippen molar-refractivity contribution in [1.29, 1.82) is 0 Å². The number of thiophene rings is 1. The molecule has 0 unspecified atom stereocenters. The van der Waals surface area contributed by atoms with Crippen LogP contribution in [0.3, 0.4) is 0 Å². The monoisotopic (exact) mass is 467 g/mol. The van der Waals surface area contributed by atoms with E-state index in [-0.39, 0.29) is 5.91 Å². The number of halogens is 1. The Kier molecular flexibility index (Phi) is 8.99. The number of carbonyl (C=O) groups is 2. The van der Waals surface area contributed by atoms with Crippen molar-refractivity contribution in [3.05, 3.63) is 44.7 Å². The predicted molar refractivity (Wildman–Crippen MR) is 117 cm³/mol. The Balaban J connectivity index is 1.86. The lowest BCUT2D eigenvalue weighted by Crippen LogP contribution is -2.14. The van der Waals surface area contributed by atoms with Crippen LogP contribution in [-0.2, 0) is 22.4 Å². The Labute approximate surface area is 178 Å². The van der Waals surface area contributed by atoms with Crippen molar-refractivity contribution < 1.29 is 19.1 Å². The summed E-state index contributed by atoms with van der Waals surface area (Å²) < 4.78 is 11.7. The third kappa shape index (κ3) is 6.34. The second kappa shape index (κ2) is 11.2. The van der Waals surface area contributed by atoms with Gasteiger partial charge in [0.25, 0.3) is 0 Å². The molecule has 0 aliphatic heterocycles. The Morgan fingerprint density at radius 1 is 1.14 bits per heavy atom. The van der Waals surface area contributed by atoms with E-state index in [4.69, 9.17) is 9.47 Å². The zero-order valence-electron chi connectivity index (χ0n) is 16.5. The van der Waals surface area contributed by atoms with Crippen LogP contribution >= 0.6 is 27.3 Å². The molecule has 1 amide bonds. The quantitative estimate of drug-likeness (QED) is 0.364. The summed E-state index contributed by atoms with van der Waals surface area (Å²) >= 11 is 4.92. The molecule has 1 aromatic heterocycles. The normalized spacial score (nSPS) is 10.6. The van der Waals surface area contributed by atoms with Gasteiger partial charge in [-0.15, -0.1) is 11.3 Å². The summed E-state index contributed by atoms with van der Waals surface area (Å²) in [6.45, 7) is 6.61. The number of amides is 1. The van der Waals surface area contributed by atoms with E-state index in [1.165, 1.54) is 16.9 Å². The molecule has 1 heterocycles. The number of anilines is 1. The van der Waals surface area contributed by atoms with Gasteiger partial charge in [-0.3, -0.25) is 4.79 Å². The van der Waals surface area contributed by atoms with Crippen molar-refractivity contribution in [3.63, 3.8) is 0 Å². The number of nitrogens with one attached hydrogen (secondary N) is 1. The molecule has 28 heavy (non-hydrogen) atoms. The SMILES string of the molecule is CCOC(=O)c1cc(CC)sc1NC(=O)CCCOc1ccc(CC)cc1Br. The van der Waals surface area contributed by atoms with Crippen molar-refractivity contribution in [2.45, 2.75) is 46.5 Å². The third-order valence-electron chi connectivity index (χ3n) is 4.09. The summed E-state index contributed by atoms with van der Waals surface area (Å²) in [5, 5.41) is 3.40. The molecular weight excluding hydrogens is 442 g/mol. The molecule has 0 saturated heterocycles. The summed E-state index contributed by atoms with van der Waals surface area (Å²) in [4.78, 5) is 25.4. The van der Waals surface area contributed by atoms with E-state index >= 15 is 0 Å². The van der Waals surface area contributed by atoms with Gasteiger partial charge < -0.3 is 14.8 Å². The molecule has 1 N–H and O–H groups in total. The maximum absolute atomic E-state index is 12.3. The van der Waals surface area contributed by atoms with Gasteiger partial charge in [0, 0.05) is 11.3 Å². The highest BCUT2D eigenvalue weighted by Crippen LogP contribution is 2.30. The molecule has 7 heteroatoms. The first-order chi connectivity index (χ1) is 13.5. The summed E-state index contributed by atoms with van der Waals surface area (Å²) in [6, 6.07) is 7.80. The van der Waals surface area contributed by atoms with E-state index in [9.17, 15) is 9.59 Å². The van der Waals surface area contributed by atoms with Crippen LogP contribution in [-0.4, -0.2) is 25.1 Å². The minimum absolute atomic E-state index is 0.140. The van der Waals surface area contributed by atoms with Crippen LogP contribution in [0.25, 0.3) is 0 Å². The molecule has 5 nitrogen and oxygen atoms in total. The Bertz CT molecular complexity index is 819. The van der Waals surface area contributed by atoms with Crippen LogP contribution in [0.4, 0.5) is 5.00 Å². The summed E-state index contributed by atoms with van der Waals surface area (Å²) in [5.41, 5.74) is 1.66. The second-order valence-corrected chi connectivity index (χ2v) is 8.14. The minimum Gasteiger partial charge on any atom is -0.492 e. The average molecular weight is 468 g/mol. The van der Waals surface area contributed by atoms with Crippen LogP contribution in [0.1, 0.15) is 54.4 Å². The van der Waals surface area contributed by atoms with Crippen LogP contribution in [0.15, 0.2) is 28.7 Å². The standard InChI is InChI=1S/C21H26BrNO4S/c1-4-14-9-10-18(17(22)12-14)27-11-7-8-19(24)23-20-16(21(25)26-6-3)13-15(5-2)28-20/h9-10,12-13H,4-8,11H2,1-3H3,(H,23,24). The molecule has 0 fully saturated rings. The summed E-state index contributed by atoms with van der Waals surface area (Å²) in [5.74, 6) is 0.226. The molecule has 1 aromatic carbocycles. The number of ether oxygens (including phenoxy) is 2. The summed E-state index contributed by atoms with van der Waals surface area (Å²) in [6.07, 6.45) is 2.66. The van der Waals surface area contributed by atoms with Gasteiger partial charge in [0.15, 0.2) is 0 Å². The van der Waals surface area contributed by atoms with E-state index in [0.29, 0.717) is 36.6 Å². The van der Waals surface area contributed by atoms with Gasteiger partial charge in [0.1, 0.15) is 10.8 Å². The maximum Gasteiger partial charge on any atom is 0.341 e. The maximum atomic E-state index is 12.3. The topological polar surface area (TPSA) is 64.6 Å². The number of benzene rings is 1. The smallest absolute Gasteiger partial charge is 0.341 e. The fourth-order valence-corrected chi connectivity index (χ4v) is 4.10. The first kappa shape index (κ1) is 22.4. The van der Waals surface area contributed by atoms with Gasteiger partial charge >= 0.3 is 5.97 Å². The number of aryl methyl sites for hydroxylation is 2. The third-order valence-corrected chi connectivity index (χ3v) is 5.90. The highest BCUT2D eigenvalue weighted by molar-refractivity contribution is 9.10. The van der Waals surface area contributed by atoms with E-state index in [0.717, 1.165) is 27.9 Å². The number of carbonyl (C=O) groups excluding carboxylic acids is 2. The van der Waals surface area contributed by atoms with Crippen molar-refractivity contribution in [3.8, 4) is 5.75 Å². The van der Waals surface area contributed by atoms with E-state index in [2.05, 4.69) is 28.2 Å². The van der Waals surface area contributed by atoms with Gasteiger partial charge in [-0.05, 0) is 65.9 Å². The molecule has 2 aromatic rings. The molecule has 152 valence electrons. The van der Waals surface area contributed by atoms with Crippen LogP contribution in [0.2, 0.25) is 0 Å². The van der Waals surface area contributed by atoms with Crippen molar-refractivity contribution in [2.24, 2.45) is 0 Å². The molecule has 0 aliphatic rings. The van der Waals surface area contributed by atoms with Crippen LogP contribution in [0, 0.1) is 0 Å². The largest absolute Gasteiger partial charge is 0.492 e. The first-order valence-corrected chi connectivity index (χ1v) is 11.1. The Hall–Kier alpha value is -1.86. The van der Waals surface area contributed by atoms with Gasteiger partial charge in [0.05, 0.1) is 23.2 Å². The fourth-order valence-electron chi connectivity index (χ4n) is 2.55. The zero-order valence-corrected chi connectivity index (χ0v) is 18.9. The Morgan fingerprint density at radius 2 is 1.93 bits per heavy atom. The van der Waals surface area contributed by atoms with Gasteiger partial charge in [-0.2, -0.15) is 0 Å². The van der Waals surface area contributed by atoms with Crippen LogP contribution in [0.5, 0.6) is 5.75 Å². The molecule has 0 saturated carbocycles. The fraction of sp³-hybridized carbons (Fsp3) is 0.429. The van der Waals surface area contributed by atoms with Gasteiger partial charge in [0.2, 0.25) is 5.91 Å². The Morgan fingerprint density at radius 3 is 2.57 bits per heavy atom. The number of hydrogen-bond donors (Lipinski definition) is 1. The molecule has 0 spiro atoms. The zero-order chi connectivity index (χ0) is 20.5. The lowest BCUT2D eigenvalue weighted by atomic mass is 10.2. The second-order valence-electron chi connectivity index (χ2n) is 6.15. The molecule has 0 aliphatic carbocycles. The number of esters is 1. The summed E-state index contributed by atoms with van der Waals surface area (Å²) in [7, 11) is 0. The van der Waals surface area contributed by atoms with Gasteiger partial charge in [-0.25, -0.2) is 4.79 Å². The average Bonchev–Trinajstić information content (AvgIpc) is 3.09. The van der Waals surface area contributed by atoms with Crippen molar-refractivity contribution in [2.75, 3.05) is 18.5 Å². The van der Waals surface area contributed by atoms with Crippen molar-refractivity contribution >= 4 is 44.1 Å². The molecular formula is C21H26BrNO4S. The van der Waals surface area contributed by atoms with E-state index < -0.39 is 5.97 Å². The van der Waals surface area contributed by atoms with Crippen LogP contribution < -0.4 is 10.1 Å². The molecule has 0 radical (unpaired) electrons. The number of hydrogen-bond acceptors (Lipinski definition) is 5. The lowest BCUT2D eigenvalue weighted by molar-refractivity contribution is -0.116. The predicted octanol–water partition coefficient (Wildman–Crippen LogP) is 5.61. The molecule has 0 atom stereocenters. The molecule has 2 rings (SSSR count). The highest BCUT2D eigenvalue weighted by Gasteiger charge is 2.18. The first-order valence-electron chi connectivity index (χ1n) is 9.49. The number of rotatable bonds is 10. The lowest BCUT2D eigenvalue weighted by Gasteiger charge is -2.10. The highest BCUT2D eigenvalue weighted by atomic mass is 79.9. The molecule has 0 bridgehead atoms. The van der Waals surface area contributed by atoms with Crippen molar-refractivity contribution in [1.82, 2.24) is 0 Å². The van der Waals surface area contributed by atoms with E-state index in [1.807, 2.05) is 25.1 Å². The van der Waals surface area contributed by atoms with Gasteiger partial charge in [-0.1, -0.05) is 19.9 Å². The van der Waals surface area contributed by atoms with E-state index in [1.54, 1.807) is 13.0 Å². The minimum atomic E-state index is -0.405.